The largest absolute Gasteiger partial charge is 0.355 e. The molecule has 0 radical (unpaired) electrons. The fraction of sp³-hybridized carbons (Fsp3) is 0.385. The van der Waals surface area contributed by atoms with Gasteiger partial charge in [0.05, 0.1) is 6.33 Å². The summed E-state index contributed by atoms with van der Waals surface area (Å²) in [5, 5.41) is 11.1. The molecule has 24 heavy (non-hydrogen) atoms. The van der Waals surface area contributed by atoms with Crippen molar-refractivity contribution in [1.82, 2.24) is 30.1 Å². The number of hydrogen-bond acceptors (Lipinski definition) is 8. The average Bonchev–Trinajstić information content (AvgIpc) is 3.25. The minimum Gasteiger partial charge on any atom is -0.355 e. The van der Waals surface area contributed by atoms with Crippen molar-refractivity contribution in [2.75, 3.05) is 23.3 Å². The highest BCUT2D eigenvalue weighted by Crippen LogP contribution is 2.28. The van der Waals surface area contributed by atoms with Gasteiger partial charge in [-0.25, -0.2) is 4.98 Å². The number of piperidine rings is 1. The molecule has 0 spiro atoms. The summed E-state index contributed by atoms with van der Waals surface area (Å²) in [7, 11) is 0. The number of fused-ring (bicyclic) bond motifs is 1. The van der Waals surface area contributed by atoms with Crippen molar-refractivity contribution in [3.05, 3.63) is 17.1 Å². The second kappa shape index (κ2) is 6.29. The minimum absolute atomic E-state index is 0.0150. The van der Waals surface area contributed by atoms with Crippen molar-refractivity contribution >= 4 is 51.0 Å². The summed E-state index contributed by atoms with van der Waals surface area (Å²) < 4.78 is 0. The Labute approximate surface area is 145 Å². The topological polar surface area (TPSA) is 113 Å². The maximum Gasteiger partial charge on any atom is 0.229 e. The Hall–Kier alpha value is -2.33. The number of nitrogens with zero attached hydrogens (tertiary/aromatic N) is 6. The molecule has 1 amide bonds. The van der Waals surface area contributed by atoms with Crippen LogP contribution in [0.15, 0.2) is 11.8 Å². The van der Waals surface area contributed by atoms with Crippen molar-refractivity contribution < 1.29 is 4.79 Å². The zero-order chi connectivity index (χ0) is 16.5. The number of imidazole rings is 1. The molecule has 3 aromatic heterocycles. The predicted molar refractivity (Wildman–Crippen MR) is 90.2 cm³/mol. The number of aromatic amines is 1. The number of rotatable bonds is 3. The molecule has 2 N–H and O–H groups in total. The summed E-state index contributed by atoms with van der Waals surface area (Å²) in [5.74, 6) is 0.656. The fourth-order valence-electron chi connectivity index (χ4n) is 2.81. The number of nitrogens with one attached hydrogen (secondary N) is 2. The number of H-pyrrole nitrogens is 1. The highest BCUT2D eigenvalue weighted by molar-refractivity contribution is 7.13. The van der Waals surface area contributed by atoms with Crippen molar-refractivity contribution in [3.63, 3.8) is 0 Å². The van der Waals surface area contributed by atoms with Crippen LogP contribution >= 0.6 is 22.9 Å². The Balaban J connectivity index is 1.45. The average molecular weight is 365 g/mol. The van der Waals surface area contributed by atoms with E-state index in [9.17, 15) is 4.79 Å². The Kier molecular flexibility index (Phi) is 3.98. The van der Waals surface area contributed by atoms with Gasteiger partial charge in [-0.15, -0.1) is 10.2 Å². The maximum atomic E-state index is 12.3. The molecule has 11 heteroatoms. The standard InChI is InChI=1S/C13H13ClN8OS/c14-12-18-9-8(15-5-16-9)10(19-12)22-3-1-7(2-4-22)11(23)20-13-21-17-6-24-13/h5-7H,1-4H2,(H,20,21,23)(H,15,16,18,19). The van der Waals surface area contributed by atoms with E-state index in [1.165, 1.54) is 11.3 Å². The van der Waals surface area contributed by atoms with Gasteiger partial charge in [-0.3, -0.25) is 4.79 Å². The Bertz CT molecular complexity index is 858. The van der Waals surface area contributed by atoms with E-state index in [4.69, 9.17) is 11.6 Å². The van der Waals surface area contributed by atoms with Gasteiger partial charge in [-0.2, -0.15) is 9.97 Å². The molecule has 0 atom stereocenters. The number of carbonyl (C=O) groups excluding carboxylic acids is 1. The van der Waals surface area contributed by atoms with E-state index >= 15 is 0 Å². The van der Waals surface area contributed by atoms with Crippen molar-refractivity contribution in [3.8, 4) is 0 Å². The van der Waals surface area contributed by atoms with Gasteiger partial charge in [-0.1, -0.05) is 11.3 Å². The van der Waals surface area contributed by atoms with Gasteiger partial charge in [-0.05, 0) is 24.4 Å². The molecule has 0 unspecified atom stereocenters. The molecule has 4 heterocycles. The smallest absolute Gasteiger partial charge is 0.229 e. The zero-order valence-electron chi connectivity index (χ0n) is 12.4. The van der Waals surface area contributed by atoms with Crippen LogP contribution in [0, 0.1) is 5.92 Å². The summed E-state index contributed by atoms with van der Waals surface area (Å²) in [5.41, 5.74) is 2.89. The number of amides is 1. The van der Waals surface area contributed by atoms with Crippen molar-refractivity contribution in [2.24, 2.45) is 5.92 Å². The van der Waals surface area contributed by atoms with Crippen LogP contribution in [0.4, 0.5) is 10.9 Å². The van der Waals surface area contributed by atoms with Gasteiger partial charge in [0.2, 0.25) is 16.3 Å². The molecule has 1 saturated heterocycles. The molecular formula is C13H13ClN8OS. The van der Waals surface area contributed by atoms with Crippen LogP contribution in [0.1, 0.15) is 12.8 Å². The molecule has 1 aliphatic heterocycles. The van der Waals surface area contributed by atoms with Crippen LogP contribution in [0.25, 0.3) is 11.2 Å². The first-order valence-electron chi connectivity index (χ1n) is 7.39. The third-order valence-corrected chi connectivity index (χ3v) is 4.77. The molecule has 3 aromatic rings. The van der Waals surface area contributed by atoms with Gasteiger partial charge in [0.25, 0.3) is 0 Å². The molecular weight excluding hydrogens is 352 g/mol. The van der Waals surface area contributed by atoms with E-state index < -0.39 is 0 Å². The Morgan fingerprint density at radius 1 is 1.38 bits per heavy atom. The van der Waals surface area contributed by atoms with Gasteiger partial charge in [0.15, 0.2) is 11.5 Å². The molecule has 0 bridgehead atoms. The summed E-state index contributed by atoms with van der Waals surface area (Å²) in [4.78, 5) is 30.0. The maximum absolute atomic E-state index is 12.3. The summed E-state index contributed by atoms with van der Waals surface area (Å²) in [6, 6.07) is 0. The first-order chi connectivity index (χ1) is 11.7. The van der Waals surface area contributed by atoms with E-state index in [1.54, 1.807) is 11.8 Å². The summed E-state index contributed by atoms with van der Waals surface area (Å²) in [6.07, 6.45) is 3.02. The predicted octanol–water partition coefficient (Wildman–Crippen LogP) is 1.71. The van der Waals surface area contributed by atoms with Crippen LogP contribution in [0.3, 0.4) is 0 Å². The third kappa shape index (κ3) is 2.89. The summed E-state index contributed by atoms with van der Waals surface area (Å²) >= 11 is 7.29. The lowest BCUT2D eigenvalue weighted by atomic mass is 9.96. The van der Waals surface area contributed by atoms with Gasteiger partial charge < -0.3 is 15.2 Å². The monoisotopic (exact) mass is 364 g/mol. The second-order valence-corrected chi connectivity index (χ2v) is 6.58. The quantitative estimate of drug-likeness (QED) is 0.680. The Morgan fingerprint density at radius 3 is 2.96 bits per heavy atom. The fourth-order valence-corrected chi connectivity index (χ4v) is 3.42. The van der Waals surface area contributed by atoms with Crippen molar-refractivity contribution in [1.29, 1.82) is 0 Å². The number of anilines is 2. The number of aromatic nitrogens is 6. The van der Waals surface area contributed by atoms with E-state index in [2.05, 4.69) is 40.3 Å². The lowest BCUT2D eigenvalue weighted by Gasteiger charge is -2.32. The van der Waals surface area contributed by atoms with Gasteiger partial charge in [0, 0.05) is 19.0 Å². The van der Waals surface area contributed by atoms with Crippen LogP contribution in [-0.4, -0.2) is 49.1 Å². The molecule has 1 fully saturated rings. The first-order valence-corrected chi connectivity index (χ1v) is 8.65. The van der Waals surface area contributed by atoms with Crippen LogP contribution in [-0.2, 0) is 4.79 Å². The highest BCUT2D eigenvalue weighted by atomic mass is 35.5. The molecule has 124 valence electrons. The second-order valence-electron chi connectivity index (χ2n) is 5.41. The molecule has 4 rings (SSSR count). The number of hydrogen-bond donors (Lipinski definition) is 2. The number of carbonyl (C=O) groups is 1. The van der Waals surface area contributed by atoms with Gasteiger partial charge >= 0.3 is 0 Å². The molecule has 0 aromatic carbocycles. The molecule has 0 aliphatic carbocycles. The molecule has 1 aliphatic rings. The van der Waals surface area contributed by atoms with E-state index in [0.717, 1.165) is 24.2 Å². The van der Waals surface area contributed by atoms with E-state index in [-0.39, 0.29) is 17.1 Å². The third-order valence-electron chi connectivity index (χ3n) is 3.99. The lowest BCUT2D eigenvalue weighted by molar-refractivity contribution is -0.120. The lowest BCUT2D eigenvalue weighted by Crippen LogP contribution is -2.38. The Morgan fingerprint density at radius 2 is 2.21 bits per heavy atom. The zero-order valence-corrected chi connectivity index (χ0v) is 14.0. The minimum atomic E-state index is -0.0558. The van der Waals surface area contributed by atoms with Crippen molar-refractivity contribution in [2.45, 2.75) is 12.8 Å². The first kappa shape index (κ1) is 15.2. The van der Waals surface area contributed by atoms with E-state index in [1.807, 2.05) is 0 Å². The van der Waals surface area contributed by atoms with Crippen LogP contribution < -0.4 is 10.2 Å². The SMILES string of the molecule is O=C(Nc1nncs1)C1CCN(c2nc(Cl)nc3nc[nH]c23)CC1. The highest BCUT2D eigenvalue weighted by Gasteiger charge is 2.27. The van der Waals surface area contributed by atoms with E-state index in [0.29, 0.717) is 23.9 Å². The van der Waals surface area contributed by atoms with Crippen LogP contribution in [0.5, 0.6) is 0 Å². The van der Waals surface area contributed by atoms with Crippen LogP contribution in [0.2, 0.25) is 5.28 Å². The summed E-state index contributed by atoms with van der Waals surface area (Å²) in [6.45, 7) is 1.41. The number of halogens is 1. The molecule has 0 saturated carbocycles. The van der Waals surface area contributed by atoms with Gasteiger partial charge in [0.1, 0.15) is 11.0 Å². The normalized spacial score (nSPS) is 15.8. The molecule has 9 nitrogen and oxygen atoms in total.